The second-order valence-corrected chi connectivity index (χ2v) is 21.1. The van der Waals surface area contributed by atoms with Crippen molar-refractivity contribution < 1.29 is 0 Å². The zero-order chi connectivity index (χ0) is 29.1. The van der Waals surface area contributed by atoms with E-state index in [2.05, 4.69) is 62.3 Å². The quantitative estimate of drug-likeness (QED) is 0.275. The Bertz CT molecular complexity index is 928. The Labute approximate surface area is 256 Å². The largest absolute Gasteiger partial charge is 0.0599 e. The third-order valence-corrected chi connectivity index (χ3v) is 16.6. The molecule has 0 aliphatic heterocycles. The van der Waals surface area contributed by atoms with E-state index in [1.165, 1.54) is 12.8 Å². The van der Waals surface area contributed by atoms with Crippen LogP contribution in [0, 0.1) is 98.6 Å². The van der Waals surface area contributed by atoms with Crippen molar-refractivity contribution in [3.8, 4) is 0 Å². The highest BCUT2D eigenvalue weighted by Gasteiger charge is 2.69. The highest BCUT2D eigenvalue weighted by molar-refractivity contribution is 5.17. The number of hydrogen-bond donors (Lipinski definition) is 0. The van der Waals surface area contributed by atoms with E-state index in [0.717, 1.165) is 76.9 Å². The lowest BCUT2D eigenvalue weighted by Crippen LogP contribution is -2.49. The van der Waals surface area contributed by atoms with Crippen molar-refractivity contribution in [2.24, 2.45) is 98.6 Å². The second kappa shape index (κ2) is 10.0. The van der Waals surface area contributed by atoms with Crippen molar-refractivity contribution in [1.82, 2.24) is 0 Å². The molecule has 1 spiro atoms. The lowest BCUT2D eigenvalue weighted by molar-refractivity contribution is -0.0813. The van der Waals surface area contributed by atoms with Crippen molar-refractivity contribution in [2.45, 2.75) is 159 Å². The summed E-state index contributed by atoms with van der Waals surface area (Å²) in [7, 11) is 0. The molecule has 0 heteroatoms. The SMILES string of the molecule is CC(C)(C)C1CCC2C3C4C(CCC3C3(CC(C(C)(C)C)CC(C(C)(C)C)C3)C2C1)CC1CCC2CCCCC2C14. The highest BCUT2D eigenvalue weighted by Crippen LogP contribution is 2.76. The van der Waals surface area contributed by atoms with Gasteiger partial charge in [0.1, 0.15) is 0 Å². The molecule has 0 amide bonds. The summed E-state index contributed by atoms with van der Waals surface area (Å²) < 4.78 is 0. The molecule has 0 bridgehead atoms. The first kappa shape index (κ1) is 29.7. The molecule has 7 fully saturated rings. The molecule has 0 radical (unpaired) electrons. The molecule has 13 unspecified atom stereocenters. The van der Waals surface area contributed by atoms with Gasteiger partial charge in [-0.05, 0) is 176 Å². The van der Waals surface area contributed by atoms with Crippen LogP contribution in [0.2, 0.25) is 0 Å². The standard InChI is InChI=1S/C41H70/c1-38(2,3)28-17-18-32-34(22-28)41(23-29(39(4,5)6)21-30(24-41)40(7,8)9)33-19-16-27-20-26-15-14-25-12-10-11-13-31(25)35(26)36(27)37(32)33/h25-37H,10-24H2,1-9H3. The molecule has 7 aliphatic rings. The molecule has 0 N–H and O–H groups in total. The molecule has 0 heterocycles. The Balaban J connectivity index is 1.32. The maximum Gasteiger partial charge on any atom is -0.0230 e. The van der Waals surface area contributed by atoms with Gasteiger partial charge in [0.25, 0.3) is 0 Å². The van der Waals surface area contributed by atoms with Crippen LogP contribution in [0.4, 0.5) is 0 Å². The Morgan fingerprint density at radius 1 is 0.415 bits per heavy atom. The molecule has 0 saturated heterocycles. The van der Waals surface area contributed by atoms with Crippen LogP contribution in [0.3, 0.4) is 0 Å². The van der Waals surface area contributed by atoms with Gasteiger partial charge >= 0.3 is 0 Å². The van der Waals surface area contributed by atoms with Crippen LogP contribution in [0.25, 0.3) is 0 Å². The number of hydrogen-bond acceptors (Lipinski definition) is 0. The van der Waals surface area contributed by atoms with Crippen molar-refractivity contribution in [2.75, 3.05) is 0 Å². The van der Waals surface area contributed by atoms with E-state index in [0.29, 0.717) is 21.7 Å². The minimum absolute atomic E-state index is 0.441. The maximum absolute atomic E-state index is 2.61. The van der Waals surface area contributed by atoms with Gasteiger partial charge in [-0.2, -0.15) is 0 Å². The molecule has 7 rings (SSSR count). The Hall–Kier alpha value is 0. The van der Waals surface area contributed by atoms with Gasteiger partial charge in [-0.15, -0.1) is 0 Å². The average molecular weight is 563 g/mol. The smallest absolute Gasteiger partial charge is 0.0230 e. The minimum Gasteiger partial charge on any atom is -0.0599 e. The van der Waals surface area contributed by atoms with Crippen LogP contribution >= 0.6 is 0 Å². The van der Waals surface area contributed by atoms with Crippen LogP contribution in [-0.2, 0) is 0 Å². The van der Waals surface area contributed by atoms with Gasteiger partial charge < -0.3 is 0 Å². The van der Waals surface area contributed by atoms with E-state index < -0.39 is 0 Å². The zero-order valence-electron chi connectivity index (χ0n) is 29.1. The van der Waals surface area contributed by atoms with E-state index in [4.69, 9.17) is 0 Å². The van der Waals surface area contributed by atoms with Gasteiger partial charge in [0.2, 0.25) is 0 Å². The van der Waals surface area contributed by atoms with Gasteiger partial charge in [0, 0.05) is 0 Å². The van der Waals surface area contributed by atoms with E-state index in [9.17, 15) is 0 Å². The fourth-order valence-corrected chi connectivity index (χ4v) is 14.6. The molecule has 7 aliphatic carbocycles. The fraction of sp³-hybridized carbons (Fsp3) is 1.00. The number of rotatable bonds is 0. The van der Waals surface area contributed by atoms with Crippen LogP contribution in [0.1, 0.15) is 159 Å². The second-order valence-electron chi connectivity index (χ2n) is 21.1. The zero-order valence-corrected chi connectivity index (χ0v) is 29.1. The van der Waals surface area contributed by atoms with E-state index in [1.807, 2.05) is 0 Å². The minimum atomic E-state index is 0.441. The lowest BCUT2D eigenvalue weighted by atomic mass is 9.47. The summed E-state index contributed by atoms with van der Waals surface area (Å²) in [5.74, 6) is 13.7. The van der Waals surface area contributed by atoms with Crippen LogP contribution in [0.15, 0.2) is 0 Å². The molecule has 41 heavy (non-hydrogen) atoms. The monoisotopic (exact) mass is 563 g/mol. The molecular formula is C41H70. The summed E-state index contributed by atoms with van der Waals surface area (Å²) in [6.07, 6.45) is 23.7. The van der Waals surface area contributed by atoms with Gasteiger partial charge in [0.05, 0.1) is 0 Å². The Morgan fingerprint density at radius 3 is 1.66 bits per heavy atom. The molecule has 7 saturated carbocycles. The summed E-state index contributed by atoms with van der Waals surface area (Å²) in [4.78, 5) is 0. The summed E-state index contributed by atoms with van der Waals surface area (Å²) in [6.45, 7) is 23.5. The van der Waals surface area contributed by atoms with E-state index in [-0.39, 0.29) is 0 Å². The van der Waals surface area contributed by atoms with E-state index in [1.54, 1.807) is 83.5 Å². The maximum atomic E-state index is 2.61. The van der Waals surface area contributed by atoms with Crippen molar-refractivity contribution in [3.63, 3.8) is 0 Å². The van der Waals surface area contributed by atoms with Gasteiger partial charge in [-0.25, -0.2) is 0 Å². The van der Waals surface area contributed by atoms with Gasteiger partial charge in [-0.3, -0.25) is 0 Å². The van der Waals surface area contributed by atoms with E-state index >= 15 is 0 Å². The molecule has 0 aromatic rings. The normalized spacial score (nSPS) is 51.9. The first-order valence-corrected chi connectivity index (χ1v) is 19.2. The molecule has 13 atom stereocenters. The Morgan fingerprint density at radius 2 is 1.00 bits per heavy atom. The lowest BCUT2D eigenvalue weighted by Gasteiger charge is -2.57. The predicted molar refractivity (Wildman–Crippen MR) is 175 cm³/mol. The van der Waals surface area contributed by atoms with Gasteiger partial charge in [0.15, 0.2) is 0 Å². The summed E-state index contributed by atoms with van der Waals surface area (Å²) in [5.41, 5.74) is 1.99. The van der Waals surface area contributed by atoms with Crippen molar-refractivity contribution >= 4 is 0 Å². The molecular weight excluding hydrogens is 492 g/mol. The van der Waals surface area contributed by atoms with Crippen molar-refractivity contribution in [3.05, 3.63) is 0 Å². The van der Waals surface area contributed by atoms with Crippen LogP contribution in [0.5, 0.6) is 0 Å². The first-order chi connectivity index (χ1) is 19.2. The third-order valence-electron chi connectivity index (χ3n) is 16.6. The summed E-state index contributed by atoms with van der Waals surface area (Å²) >= 11 is 0. The number of fused-ring (bicyclic) bond motifs is 11. The summed E-state index contributed by atoms with van der Waals surface area (Å²) in [6, 6.07) is 0. The highest BCUT2D eigenvalue weighted by atomic mass is 14.7. The predicted octanol–water partition coefficient (Wildman–Crippen LogP) is 12.1. The topological polar surface area (TPSA) is 0 Å². The summed E-state index contributed by atoms with van der Waals surface area (Å²) in [5, 5.41) is 0. The first-order valence-electron chi connectivity index (χ1n) is 19.2. The Kier molecular flexibility index (Phi) is 7.24. The van der Waals surface area contributed by atoms with Crippen molar-refractivity contribution in [1.29, 1.82) is 0 Å². The fourth-order valence-electron chi connectivity index (χ4n) is 14.6. The third kappa shape index (κ3) is 4.77. The molecule has 0 aromatic heterocycles. The van der Waals surface area contributed by atoms with Crippen LogP contribution < -0.4 is 0 Å². The molecule has 0 nitrogen and oxygen atoms in total. The van der Waals surface area contributed by atoms with Gasteiger partial charge in [-0.1, -0.05) is 81.6 Å². The molecule has 0 aromatic carbocycles. The molecule has 234 valence electrons. The average Bonchev–Trinajstić information content (AvgIpc) is 3.40. The van der Waals surface area contributed by atoms with Crippen LogP contribution in [-0.4, -0.2) is 0 Å².